The molecule has 2 heterocycles. The topological polar surface area (TPSA) is 8.17 Å². The van der Waals surface area contributed by atoms with Crippen molar-refractivity contribution in [2.45, 2.75) is 39.8 Å². The number of para-hydroxylation sites is 1. The van der Waals surface area contributed by atoms with Gasteiger partial charge in [0.1, 0.15) is 0 Å². The molecule has 96 valence electrons. The molecule has 2 heteroatoms. The maximum atomic E-state index is 2.58. The lowest BCUT2D eigenvalue weighted by atomic mass is 10.2. The molecule has 0 atom stereocenters. The minimum atomic E-state index is 1.07. The van der Waals surface area contributed by atoms with E-state index in [1.807, 2.05) is 0 Å². The van der Waals surface area contributed by atoms with Crippen molar-refractivity contribution in [3.8, 4) is 0 Å². The summed E-state index contributed by atoms with van der Waals surface area (Å²) in [6, 6.07) is 9.00. The number of nitrogens with zero attached hydrogens (tertiary/aromatic N) is 2. The van der Waals surface area contributed by atoms with Gasteiger partial charge in [-0.05, 0) is 51.4 Å². The summed E-state index contributed by atoms with van der Waals surface area (Å²) in [7, 11) is 0. The number of aryl methyl sites for hydroxylation is 2. The minimum absolute atomic E-state index is 1.07. The molecule has 0 unspecified atom stereocenters. The molecular weight excluding hydrogens is 220 g/mol. The number of likely N-dealkylation sites (tertiary alicyclic amines) is 1. The number of hydrogen-bond donors (Lipinski definition) is 0. The van der Waals surface area contributed by atoms with Crippen LogP contribution in [0.2, 0.25) is 0 Å². The Morgan fingerprint density at radius 2 is 1.94 bits per heavy atom. The van der Waals surface area contributed by atoms with Crippen LogP contribution in [0.15, 0.2) is 24.3 Å². The van der Waals surface area contributed by atoms with Crippen LogP contribution < -0.4 is 0 Å². The van der Waals surface area contributed by atoms with E-state index in [0.29, 0.717) is 0 Å². The summed E-state index contributed by atoms with van der Waals surface area (Å²) in [6.45, 7) is 9.18. The van der Waals surface area contributed by atoms with Gasteiger partial charge in [-0.3, -0.25) is 4.90 Å². The molecule has 0 radical (unpaired) electrons. The molecule has 1 fully saturated rings. The molecule has 0 spiro atoms. The molecule has 1 aliphatic rings. The Bertz CT molecular complexity index is 547. The summed E-state index contributed by atoms with van der Waals surface area (Å²) in [5.74, 6) is 0. The van der Waals surface area contributed by atoms with Crippen molar-refractivity contribution in [1.29, 1.82) is 0 Å². The summed E-state index contributed by atoms with van der Waals surface area (Å²) in [5.41, 5.74) is 4.29. The third kappa shape index (κ3) is 1.95. The lowest BCUT2D eigenvalue weighted by Gasteiger charge is -2.16. The maximum Gasteiger partial charge on any atom is 0.0512 e. The number of rotatable bonds is 3. The quantitative estimate of drug-likeness (QED) is 0.799. The second-order valence-corrected chi connectivity index (χ2v) is 5.38. The molecule has 1 aliphatic heterocycles. The first-order chi connectivity index (χ1) is 8.79. The van der Waals surface area contributed by atoms with Gasteiger partial charge in [0.2, 0.25) is 0 Å². The second kappa shape index (κ2) is 4.77. The molecule has 2 nitrogen and oxygen atoms in total. The molecule has 0 bridgehead atoms. The predicted molar refractivity (Wildman–Crippen MR) is 76.9 cm³/mol. The molecule has 0 aliphatic carbocycles. The van der Waals surface area contributed by atoms with Crippen LogP contribution >= 0.6 is 0 Å². The molecule has 0 N–H and O–H groups in total. The highest BCUT2D eigenvalue weighted by Crippen LogP contribution is 2.25. The lowest BCUT2D eigenvalue weighted by molar-refractivity contribution is 0.322. The highest BCUT2D eigenvalue weighted by molar-refractivity contribution is 5.84. The van der Waals surface area contributed by atoms with Crippen molar-refractivity contribution < 1.29 is 0 Å². The second-order valence-electron chi connectivity index (χ2n) is 5.38. The van der Waals surface area contributed by atoms with Gasteiger partial charge in [-0.15, -0.1) is 0 Å². The largest absolute Gasteiger partial charge is 0.343 e. The summed E-state index contributed by atoms with van der Waals surface area (Å²) in [4.78, 5) is 2.58. The molecule has 18 heavy (non-hydrogen) atoms. The number of fused-ring (bicyclic) bond motifs is 1. The first-order valence-electron chi connectivity index (χ1n) is 7.09. The minimum Gasteiger partial charge on any atom is -0.343 e. The summed E-state index contributed by atoms with van der Waals surface area (Å²) in [6.07, 6.45) is 2.73. The van der Waals surface area contributed by atoms with Gasteiger partial charge in [0, 0.05) is 24.2 Å². The fourth-order valence-electron chi connectivity index (χ4n) is 3.23. The van der Waals surface area contributed by atoms with Gasteiger partial charge in [0.05, 0.1) is 5.52 Å². The maximum absolute atomic E-state index is 2.58. The number of benzene rings is 1. The van der Waals surface area contributed by atoms with E-state index in [4.69, 9.17) is 0 Å². The smallest absolute Gasteiger partial charge is 0.0512 e. The van der Waals surface area contributed by atoms with Gasteiger partial charge >= 0.3 is 0 Å². The normalized spacial score (nSPS) is 16.8. The van der Waals surface area contributed by atoms with Crippen LogP contribution in [0.5, 0.6) is 0 Å². The fraction of sp³-hybridized carbons (Fsp3) is 0.500. The summed E-state index contributed by atoms with van der Waals surface area (Å²) >= 11 is 0. The van der Waals surface area contributed by atoms with Gasteiger partial charge < -0.3 is 4.57 Å². The molecule has 1 aromatic heterocycles. The van der Waals surface area contributed by atoms with Gasteiger partial charge in [-0.2, -0.15) is 0 Å². The van der Waals surface area contributed by atoms with Crippen molar-refractivity contribution in [3.05, 3.63) is 35.5 Å². The summed E-state index contributed by atoms with van der Waals surface area (Å²) < 4.78 is 2.49. The van der Waals surface area contributed by atoms with E-state index in [2.05, 4.69) is 47.6 Å². The first-order valence-corrected chi connectivity index (χ1v) is 7.09. The third-order valence-corrected chi connectivity index (χ3v) is 4.11. The Labute approximate surface area is 109 Å². The average Bonchev–Trinajstić information content (AvgIpc) is 2.97. The fourth-order valence-corrected chi connectivity index (χ4v) is 3.23. The molecule has 0 saturated carbocycles. The molecule has 0 amide bonds. The van der Waals surface area contributed by atoms with E-state index in [1.165, 1.54) is 48.1 Å². The third-order valence-electron chi connectivity index (χ3n) is 4.11. The Kier molecular flexibility index (Phi) is 3.13. The van der Waals surface area contributed by atoms with Gasteiger partial charge in [-0.25, -0.2) is 0 Å². The van der Waals surface area contributed by atoms with E-state index in [9.17, 15) is 0 Å². The Morgan fingerprint density at radius 1 is 1.17 bits per heavy atom. The van der Waals surface area contributed by atoms with Crippen LogP contribution in [0.3, 0.4) is 0 Å². The highest BCUT2D eigenvalue weighted by atomic mass is 15.2. The van der Waals surface area contributed by atoms with Gasteiger partial charge in [0.25, 0.3) is 0 Å². The molecule has 1 aromatic carbocycles. The standard InChI is InChI=1S/C16H22N2/c1-3-18-15(12-17-9-4-5-10-17)11-14-8-6-7-13(2)16(14)18/h6-8,11H,3-5,9-10,12H2,1-2H3. The van der Waals surface area contributed by atoms with E-state index in [-0.39, 0.29) is 0 Å². The van der Waals surface area contributed by atoms with E-state index in [1.54, 1.807) is 0 Å². The summed E-state index contributed by atoms with van der Waals surface area (Å²) in [5, 5.41) is 1.39. The van der Waals surface area contributed by atoms with E-state index >= 15 is 0 Å². The monoisotopic (exact) mass is 242 g/mol. The van der Waals surface area contributed by atoms with Crippen LogP contribution in [-0.4, -0.2) is 22.6 Å². The van der Waals surface area contributed by atoms with Crippen LogP contribution in [-0.2, 0) is 13.1 Å². The van der Waals surface area contributed by atoms with Gasteiger partial charge in [-0.1, -0.05) is 18.2 Å². The van der Waals surface area contributed by atoms with Crippen LogP contribution in [0.1, 0.15) is 31.0 Å². The zero-order valence-corrected chi connectivity index (χ0v) is 11.4. The predicted octanol–water partition coefficient (Wildman–Crippen LogP) is 3.57. The highest BCUT2D eigenvalue weighted by Gasteiger charge is 2.15. The van der Waals surface area contributed by atoms with Crippen molar-refractivity contribution in [3.63, 3.8) is 0 Å². The molecular formula is C16H22N2. The first kappa shape index (κ1) is 11.8. The Morgan fingerprint density at radius 3 is 2.67 bits per heavy atom. The lowest BCUT2D eigenvalue weighted by Crippen LogP contribution is -2.20. The van der Waals surface area contributed by atoms with E-state index < -0.39 is 0 Å². The molecule has 1 saturated heterocycles. The van der Waals surface area contributed by atoms with Crippen molar-refractivity contribution in [1.82, 2.24) is 9.47 Å². The van der Waals surface area contributed by atoms with Gasteiger partial charge in [0.15, 0.2) is 0 Å². The van der Waals surface area contributed by atoms with Crippen molar-refractivity contribution >= 4 is 10.9 Å². The number of hydrogen-bond acceptors (Lipinski definition) is 1. The SMILES string of the molecule is CCn1c(CN2CCCC2)cc2cccc(C)c21. The Hall–Kier alpha value is -1.28. The van der Waals surface area contributed by atoms with Crippen LogP contribution in [0.25, 0.3) is 10.9 Å². The zero-order chi connectivity index (χ0) is 12.5. The molecule has 3 rings (SSSR count). The average molecular weight is 242 g/mol. The number of aromatic nitrogens is 1. The van der Waals surface area contributed by atoms with Crippen LogP contribution in [0.4, 0.5) is 0 Å². The molecule has 2 aromatic rings. The van der Waals surface area contributed by atoms with Crippen LogP contribution in [0, 0.1) is 6.92 Å². The zero-order valence-electron chi connectivity index (χ0n) is 11.4. The van der Waals surface area contributed by atoms with Crippen molar-refractivity contribution in [2.75, 3.05) is 13.1 Å². The van der Waals surface area contributed by atoms with Crippen molar-refractivity contribution in [2.24, 2.45) is 0 Å². The Balaban J connectivity index is 2.02. The van der Waals surface area contributed by atoms with E-state index in [0.717, 1.165) is 13.1 Å².